The van der Waals surface area contributed by atoms with Crippen molar-refractivity contribution in [3.8, 4) is 0 Å². The van der Waals surface area contributed by atoms with Gasteiger partial charge in [0.2, 0.25) is 0 Å². The van der Waals surface area contributed by atoms with Crippen molar-refractivity contribution in [3.63, 3.8) is 0 Å². The van der Waals surface area contributed by atoms with Gasteiger partial charge in [0.15, 0.2) is 5.78 Å². The molecule has 0 saturated heterocycles. The maximum Gasteiger partial charge on any atom is 0.408 e. The molecule has 0 aliphatic heterocycles. The first-order valence-electron chi connectivity index (χ1n) is 8.82. The van der Waals surface area contributed by atoms with Crippen LogP contribution in [0.25, 0.3) is 0 Å². The normalized spacial score (nSPS) is 13.1. The van der Waals surface area contributed by atoms with E-state index < -0.39 is 41.4 Å². The average Bonchev–Trinajstić information content (AvgIpc) is 2.49. The minimum atomic E-state index is -0.699. The molecule has 0 bridgehead atoms. The highest BCUT2D eigenvalue weighted by Gasteiger charge is 2.21. The number of hydrogen-bond donors (Lipinski definition) is 3. The summed E-state index contributed by atoms with van der Waals surface area (Å²) >= 11 is 0. The first-order chi connectivity index (χ1) is 12.5. The van der Waals surface area contributed by atoms with Gasteiger partial charge >= 0.3 is 18.2 Å². The zero-order valence-electron chi connectivity index (χ0n) is 18.3. The molecule has 0 heterocycles. The molecule has 0 radical (unpaired) electrons. The number of amides is 2. The number of nitrogens with one attached hydrogen (secondary N) is 2. The zero-order chi connectivity index (χ0) is 22.7. The predicted octanol–water partition coefficient (Wildman–Crippen LogP) is 1.50. The van der Waals surface area contributed by atoms with Gasteiger partial charge in [-0.1, -0.05) is 0 Å². The Labute approximate surface area is 166 Å². The molecule has 0 aromatic heterocycles. The Bertz CT molecular complexity index is 488. The van der Waals surface area contributed by atoms with Crippen LogP contribution in [0.2, 0.25) is 0 Å². The van der Waals surface area contributed by atoms with E-state index in [0.29, 0.717) is 0 Å². The number of Topliss-reactive ketones (excluding diaryl/α,β-unsaturated/α-hetero) is 1. The molecule has 10 heteroatoms. The van der Waals surface area contributed by atoms with Gasteiger partial charge in [0.25, 0.3) is 0 Å². The minimum Gasteiger partial charge on any atom is -0.467 e. The fourth-order valence-corrected chi connectivity index (χ4v) is 1.46. The molecule has 28 heavy (non-hydrogen) atoms. The summed E-state index contributed by atoms with van der Waals surface area (Å²) in [7, 11) is 1.26. The number of carbonyl (C=O) groups is 4. The molecule has 0 aliphatic rings. The maximum atomic E-state index is 11.2. The summed E-state index contributed by atoms with van der Waals surface area (Å²) in [4.78, 5) is 44.2. The minimum absolute atomic E-state index is 0.0863. The van der Waals surface area contributed by atoms with Crippen LogP contribution in [0, 0.1) is 0 Å². The van der Waals surface area contributed by atoms with Crippen LogP contribution in [0.4, 0.5) is 9.59 Å². The van der Waals surface area contributed by atoms with Gasteiger partial charge in [-0.3, -0.25) is 4.79 Å². The molecule has 0 rings (SSSR count). The second-order valence-electron chi connectivity index (χ2n) is 7.93. The number of carbonyl (C=O) groups excluding carboxylic acids is 4. The molecule has 10 nitrogen and oxygen atoms in total. The van der Waals surface area contributed by atoms with E-state index in [4.69, 9.17) is 15.2 Å². The fourth-order valence-electron chi connectivity index (χ4n) is 1.46. The molecule has 0 saturated carbocycles. The van der Waals surface area contributed by atoms with Crippen LogP contribution in [0.3, 0.4) is 0 Å². The third-order valence-electron chi connectivity index (χ3n) is 2.71. The van der Waals surface area contributed by atoms with Crippen LogP contribution in [-0.4, -0.2) is 60.9 Å². The predicted molar refractivity (Wildman–Crippen MR) is 104 cm³/mol. The summed E-state index contributed by atoms with van der Waals surface area (Å²) in [5.74, 6) is -0.730. The van der Waals surface area contributed by atoms with Gasteiger partial charge < -0.3 is 30.6 Å². The van der Waals surface area contributed by atoms with Gasteiger partial charge in [0, 0.05) is 0 Å². The molecule has 2 atom stereocenters. The fraction of sp³-hybridized carbons (Fsp3) is 0.778. The van der Waals surface area contributed by atoms with E-state index in [0.717, 1.165) is 0 Å². The quantitative estimate of drug-likeness (QED) is 0.461. The van der Waals surface area contributed by atoms with Gasteiger partial charge in [-0.05, 0) is 55.4 Å². The molecule has 0 fully saturated rings. The van der Waals surface area contributed by atoms with Crippen molar-refractivity contribution in [2.75, 3.05) is 13.7 Å². The van der Waals surface area contributed by atoms with Gasteiger partial charge in [0.05, 0.1) is 19.7 Å². The van der Waals surface area contributed by atoms with Crippen molar-refractivity contribution in [1.82, 2.24) is 10.6 Å². The monoisotopic (exact) mass is 405 g/mol. The molecule has 0 aromatic carbocycles. The first-order valence-corrected chi connectivity index (χ1v) is 8.82. The Morgan fingerprint density at radius 3 is 1.46 bits per heavy atom. The summed E-state index contributed by atoms with van der Waals surface area (Å²) < 4.78 is 14.3. The standard InChI is InChI=1S/C9H18N2O3.C9H17NO4/c1-6(7(12)5-10)11-8(13)14-9(2,3)4;1-6(7(11)13-5)10-8(12)14-9(2,3)4/h6H,5,10H2,1-4H3,(H,11,13);6H,1-5H3,(H,10,12)/t2*6-/m11/s1. The van der Waals surface area contributed by atoms with E-state index in [1.807, 2.05) is 0 Å². The Morgan fingerprint density at radius 1 is 0.821 bits per heavy atom. The van der Waals surface area contributed by atoms with E-state index in [1.165, 1.54) is 14.0 Å². The summed E-state index contributed by atoms with van der Waals surface area (Å²) in [6, 6.07) is -1.30. The third-order valence-corrected chi connectivity index (χ3v) is 2.71. The highest BCUT2D eigenvalue weighted by Crippen LogP contribution is 2.07. The smallest absolute Gasteiger partial charge is 0.408 e. The highest BCUT2D eigenvalue weighted by molar-refractivity contribution is 5.88. The van der Waals surface area contributed by atoms with E-state index in [9.17, 15) is 19.2 Å². The summed E-state index contributed by atoms with van der Waals surface area (Å²) in [5, 5.41) is 4.75. The molecular weight excluding hydrogens is 370 g/mol. The number of rotatable bonds is 5. The Kier molecular flexibility index (Phi) is 12.1. The summed E-state index contributed by atoms with van der Waals surface area (Å²) in [5.41, 5.74) is 4.00. The van der Waals surface area contributed by atoms with Gasteiger partial charge in [-0.2, -0.15) is 0 Å². The number of nitrogens with two attached hydrogens (primary N) is 1. The number of esters is 1. The molecule has 0 spiro atoms. The average molecular weight is 405 g/mol. The van der Waals surface area contributed by atoms with Crippen LogP contribution in [0.15, 0.2) is 0 Å². The van der Waals surface area contributed by atoms with Crippen molar-refractivity contribution in [1.29, 1.82) is 0 Å². The van der Waals surface area contributed by atoms with Crippen LogP contribution >= 0.6 is 0 Å². The molecular formula is C18H35N3O7. The summed E-state index contributed by atoms with van der Waals surface area (Å²) in [6.07, 6.45) is -1.23. The molecule has 0 unspecified atom stereocenters. The molecule has 4 N–H and O–H groups in total. The van der Waals surface area contributed by atoms with Crippen molar-refractivity contribution < 1.29 is 33.4 Å². The molecule has 0 aromatic rings. The SMILES string of the molecule is COC(=O)[C@@H](C)NC(=O)OC(C)(C)C.C[C@@H](NC(=O)OC(C)(C)C)C(=O)CN. The third kappa shape index (κ3) is 15.9. The van der Waals surface area contributed by atoms with E-state index in [2.05, 4.69) is 15.4 Å². The Balaban J connectivity index is 0. The lowest BCUT2D eigenvalue weighted by Gasteiger charge is -2.21. The van der Waals surface area contributed by atoms with Crippen LogP contribution in [0.1, 0.15) is 55.4 Å². The van der Waals surface area contributed by atoms with E-state index in [1.54, 1.807) is 48.5 Å². The number of alkyl carbamates (subject to hydrolysis) is 2. The Hall–Kier alpha value is -2.36. The number of methoxy groups -OCH3 is 1. The lowest BCUT2D eigenvalue weighted by molar-refractivity contribution is -0.142. The molecule has 2 amide bonds. The van der Waals surface area contributed by atoms with E-state index >= 15 is 0 Å². The number of ether oxygens (including phenoxy) is 3. The topological polar surface area (TPSA) is 146 Å². The van der Waals surface area contributed by atoms with Crippen LogP contribution in [0.5, 0.6) is 0 Å². The zero-order valence-corrected chi connectivity index (χ0v) is 18.3. The largest absolute Gasteiger partial charge is 0.467 e. The first kappa shape index (κ1) is 27.9. The van der Waals surface area contributed by atoms with Crippen molar-refractivity contribution in [2.24, 2.45) is 5.73 Å². The van der Waals surface area contributed by atoms with Crippen molar-refractivity contribution >= 4 is 23.9 Å². The maximum absolute atomic E-state index is 11.2. The molecule has 0 aliphatic carbocycles. The summed E-state index contributed by atoms with van der Waals surface area (Å²) in [6.45, 7) is 13.5. The lowest BCUT2D eigenvalue weighted by atomic mass is 10.2. The number of ketones is 1. The van der Waals surface area contributed by atoms with Crippen LogP contribution < -0.4 is 16.4 Å². The van der Waals surface area contributed by atoms with E-state index in [-0.39, 0.29) is 12.3 Å². The van der Waals surface area contributed by atoms with Crippen LogP contribution in [-0.2, 0) is 23.8 Å². The second kappa shape index (κ2) is 12.2. The van der Waals surface area contributed by atoms with Gasteiger partial charge in [0.1, 0.15) is 17.2 Å². The highest BCUT2D eigenvalue weighted by atomic mass is 16.6. The molecule has 164 valence electrons. The van der Waals surface area contributed by atoms with Gasteiger partial charge in [-0.15, -0.1) is 0 Å². The number of hydrogen-bond acceptors (Lipinski definition) is 8. The van der Waals surface area contributed by atoms with Crippen molar-refractivity contribution in [3.05, 3.63) is 0 Å². The lowest BCUT2D eigenvalue weighted by Crippen LogP contribution is -2.43. The van der Waals surface area contributed by atoms with Gasteiger partial charge in [-0.25, -0.2) is 14.4 Å². The Morgan fingerprint density at radius 2 is 1.18 bits per heavy atom. The van der Waals surface area contributed by atoms with Crippen molar-refractivity contribution in [2.45, 2.75) is 78.7 Å². The second-order valence-corrected chi connectivity index (χ2v) is 7.93.